The van der Waals surface area contributed by atoms with E-state index in [1.165, 1.54) is 0 Å². The molecular formula is C8H4Br2N2. The van der Waals surface area contributed by atoms with Crippen molar-refractivity contribution in [3.63, 3.8) is 0 Å². The van der Waals surface area contributed by atoms with E-state index in [1.807, 2.05) is 18.2 Å². The van der Waals surface area contributed by atoms with Crippen molar-refractivity contribution in [2.24, 2.45) is 0 Å². The molecule has 2 rings (SSSR count). The second-order valence-electron chi connectivity index (χ2n) is 2.30. The fourth-order valence-electron chi connectivity index (χ4n) is 0.984. The van der Waals surface area contributed by atoms with Gasteiger partial charge in [0.05, 0.1) is 11.7 Å². The van der Waals surface area contributed by atoms with Crippen LogP contribution in [-0.4, -0.2) is 9.97 Å². The Morgan fingerprint density at radius 2 is 2.00 bits per heavy atom. The molecule has 0 N–H and O–H groups in total. The van der Waals surface area contributed by atoms with Gasteiger partial charge in [0.15, 0.2) is 0 Å². The Kier molecular flexibility index (Phi) is 2.11. The molecular weight excluding hydrogens is 284 g/mol. The summed E-state index contributed by atoms with van der Waals surface area (Å²) in [5.41, 5.74) is 1.78. The summed E-state index contributed by atoms with van der Waals surface area (Å²) in [5, 5.41) is 0. The highest BCUT2D eigenvalue weighted by Gasteiger charge is 1.99. The van der Waals surface area contributed by atoms with Crippen LogP contribution >= 0.6 is 31.9 Å². The lowest BCUT2D eigenvalue weighted by Gasteiger charge is -1.97. The predicted octanol–water partition coefficient (Wildman–Crippen LogP) is 3.15. The summed E-state index contributed by atoms with van der Waals surface area (Å²) in [4.78, 5) is 8.48. The first-order valence-corrected chi connectivity index (χ1v) is 4.93. The van der Waals surface area contributed by atoms with Gasteiger partial charge in [-0.1, -0.05) is 6.07 Å². The third kappa shape index (κ3) is 1.36. The molecule has 4 heteroatoms. The molecule has 0 unspecified atom stereocenters. The van der Waals surface area contributed by atoms with Crippen LogP contribution in [0, 0.1) is 0 Å². The minimum atomic E-state index is 0.758. The van der Waals surface area contributed by atoms with Crippen LogP contribution < -0.4 is 0 Å². The molecule has 0 atom stereocenters. The summed E-state index contributed by atoms with van der Waals surface area (Å²) in [6, 6.07) is 5.82. The number of rotatable bonds is 0. The number of halogens is 2. The van der Waals surface area contributed by atoms with Crippen molar-refractivity contribution in [3.05, 3.63) is 33.5 Å². The molecule has 0 aliphatic rings. The van der Waals surface area contributed by atoms with Gasteiger partial charge in [-0.3, -0.25) is 4.98 Å². The molecule has 12 heavy (non-hydrogen) atoms. The van der Waals surface area contributed by atoms with Gasteiger partial charge in [-0.05, 0) is 44.0 Å². The van der Waals surface area contributed by atoms with Crippen molar-refractivity contribution in [2.45, 2.75) is 0 Å². The first kappa shape index (κ1) is 8.13. The summed E-state index contributed by atoms with van der Waals surface area (Å²) >= 11 is 6.67. The third-order valence-electron chi connectivity index (χ3n) is 1.49. The Bertz CT molecular complexity index is 428. The lowest BCUT2D eigenvalue weighted by atomic mass is 10.3. The quantitative estimate of drug-likeness (QED) is 0.744. The van der Waals surface area contributed by atoms with Gasteiger partial charge in [-0.2, -0.15) is 0 Å². The van der Waals surface area contributed by atoms with Crippen LogP contribution in [-0.2, 0) is 0 Å². The van der Waals surface area contributed by atoms with Crippen LogP contribution in [0.3, 0.4) is 0 Å². The number of hydrogen-bond donors (Lipinski definition) is 0. The van der Waals surface area contributed by atoms with E-state index >= 15 is 0 Å². The fraction of sp³-hybridized carbons (Fsp3) is 0. The Morgan fingerprint density at radius 3 is 2.83 bits per heavy atom. The smallest absolute Gasteiger partial charge is 0.125 e. The molecule has 1 aromatic heterocycles. The maximum atomic E-state index is 4.26. The van der Waals surface area contributed by atoms with Gasteiger partial charge in [0.2, 0.25) is 0 Å². The minimum Gasteiger partial charge on any atom is -0.251 e. The van der Waals surface area contributed by atoms with E-state index in [0.29, 0.717) is 0 Å². The van der Waals surface area contributed by atoms with Crippen LogP contribution in [0.15, 0.2) is 33.5 Å². The van der Waals surface area contributed by atoms with Crippen molar-refractivity contribution >= 4 is 42.9 Å². The Labute approximate surface area is 86.3 Å². The van der Waals surface area contributed by atoms with Gasteiger partial charge in [-0.25, -0.2) is 4.98 Å². The highest BCUT2D eigenvalue weighted by atomic mass is 79.9. The Hall–Kier alpha value is -0.480. The number of fused-ring (bicyclic) bond motifs is 1. The summed E-state index contributed by atoms with van der Waals surface area (Å²) < 4.78 is 1.73. The predicted molar refractivity (Wildman–Crippen MR) is 54.9 cm³/mol. The van der Waals surface area contributed by atoms with Gasteiger partial charge in [0.25, 0.3) is 0 Å². The molecule has 0 saturated heterocycles. The van der Waals surface area contributed by atoms with Gasteiger partial charge >= 0.3 is 0 Å². The van der Waals surface area contributed by atoms with Gasteiger partial charge in [0.1, 0.15) is 10.1 Å². The van der Waals surface area contributed by atoms with Crippen molar-refractivity contribution in [1.29, 1.82) is 0 Å². The van der Waals surface area contributed by atoms with E-state index < -0.39 is 0 Å². The molecule has 0 spiro atoms. The SMILES string of the molecule is Brc1cnc2c(Br)cccc2n1. The Morgan fingerprint density at radius 1 is 1.17 bits per heavy atom. The fourth-order valence-corrected chi connectivity index (χ4v) is 1.74. The highest BCUT2D eigenvalue weighted by molar-refractivity contribution is 9.10. The zero-order valence-corrected chi connectivity index (χ0v) is 9.13. The average molecular weight is 288 g/mol. The minimum absolute atomic E-state index is 0.758. The number of benzene rings is 1. The topological polar surface area (TPSA) is 25.8 Å². The van der Waals surface area contributed by atoms with Gasteiger partial charge in [-0.15, -0.1) is 0 Å². The normalized spacial score (nSPS) is 10.5. The second kappa shape index (κ2) is 3.11. The summed E-state index contributed by atoms with van der Waals surface area (Å²) in [6.45, 7) is 0. The molecule has 60 valence electrons. The number of para-hydroxylation sites is 1. The molecule has 0 bridgehead atoms. The largest absolute Gasteiger partial charge is 0.251 e. The van der Waals surface area contributed by atoms with Gasteiger partial charge < -0.3 is 0 Å². The van der Waals surface area contributed by atoms with Crippen molar-refractivity contribution < 1.29 is 0 Å². The van der Waals surface area contributed by atoms with Crippen LogP contribution in [0.5, 0.6) is 0 Å². The molecule has 0 aliphatic carbocycles. The average Bonchev–Trinajstić information content (AvgIpc) is 2.04. The van der Waals surface area contributed by atoms with E-state index in [1.54, 1.807) is 6.20 Å². The zero-order valence-electron chi connectivity index (χ0n) is 5.96. The maximum absolute atomic E-state index is 4.26. The lowest BCUT2D eigenvalue weighted by Crippen LogP contribution is -1.84. The lowest BCUT2D eigenvalue weighted by molar-refractivity contribution is 1.25. The van der Waals surface area contributed by atoms with E-state index in [-0.39, 0.29) is 0 Å². The molecule has 2 aromatic rings. The van der Waals surface area contributed by atoms with Crippen molar-refractivity contribution in [1.82, 2.24) is 9.97 Å². The molecule has 2 nitrogen and oxygen atoms in total. The molecule has 0 radical (unpaired) electrons. The number of aromatic nitrogens is 2. The van der Waals surface area contributed by atoms with Crippen LogP contribution in [0.2, 0.25) is 0 Å². The van der Waals surface area contributed by atoms with Gasteiger partial charge in [0, 0.05) is 4.47 Å². The first-order valence-electron chi connectivity index (χ1n) is 3.34. The third-order valence-corrected chi connectivity index (χ3v) is 2.51. The molecule has 0 amide bonds. The summed E-state index contributed by atoms with van der Waals surface area (Å²) in [7, 11) is 0. The molecule has 1 aromatic carbocycles. The number of hydrogen-bond acceptors (Lipinski definition) is 2. The second-order valence-corrected chi connectivity index (χ2v) is 3.97. The molecule has 0 aliphatic heterocycles. The molecule has 1 heterocycles. The van der Waals surface area contributed by atoms with Crippen molar-refractivity contribution in [2.75, 3.05) is 0 Å². The maximum Gasteiger partial charge on any atom is 0.125 e. The van der Waals surface area contributed by atoms with Crippen molar-refractivity contribution in [3.8, 4) is 0 Å². The molecule has 0 fully saturated rings. The van der Waals surface area contributed by atoms with Crippen LogP contribution in [0.1, 0.15) is 0 Å². The van der Waals surface area contributed by atoms with E-state index in [9.17, 15) is 0 Å². The zero-order chi connectivity index (χ0) is 8.55. The van der Waals surface area contributed by atoms with E-state index in [0.717, 1.165) is 20.1 Å². The van der Waals surface area contributed by atoms with Crippen LogP contribution in [0.4, 0.5) is 0 Å². The van der Waals surface area contributed by atoms with E-state index in [4.69, 9.17) is 0 Å². The summed E-state index contributed by atoms with van der Waals surface area (Å²) in [5.74, 6) is 0. The number of nitrogens with zero attached hydrogens (tertiary/aromatic N) is 2. The van der Waals surface area contributed by atoms with E-state index in [2.05, 4.69) is 41.8 Å². The first-order chi connectivity index (χ1) is 5.77. The molecule has 0 saturated carbocycles. The standard InChI is InChI=1S/C8H4Br2N2/c9-5-2-1-3-6-8(5)11-4-7(10)12-6/h1-4H. The monoisotopic (exact) mass is 286 g/mol. The van der Waals surface area contributed by atoms with Crippen LogP contribution in [0.25, 0.3) is 11.0 Å². The highest BCUT2D eigenvalue weighted by Crippen LogP contribution is 2.21. The Balaban J connectivity index is 2.86. The summed E-state index contributed by atoms with van der Waals surface area (Å²) in [6.07, 6.45) is 1.69.